The van der Waals surface area contributed by atoms with Gasteiger partial charge in [-0.3, -0.25) is 0 Å². The summed E-state index contributed by atoms with van der Waals surface area (Å²) in [5.41, 5.74) is 8.33. The minimum atomic E-state index is 0.144. The lowest BCUT2D eigenvalue weighted by molar-refractivity contribution is 0.415. The van der Waals surface area contributed by atoms with Gasteiger partial charge in [-0.1, -0.05) is 6.92 Å². The van der Waals surface area contributed by atoms with Crippen molar-refractivity contribution in [1.82, 2.24) is 4.98 Å². The lowest BCUT2D eigenvalue weighted by Gasteiger charge is -2.14. The van der Waals surface area contributed by atoms with Crippen molar-refractivity contribution in [1.29, 1.82) is 0 Å². The zero-order valence-electron chi connectivity index (χ0n) is 9.95. The number of ether oxygens (including phenoxy) is 1. The number of aromatic nitrogens is 1. The van der Waals surface area contributed by atoms with Crippen molar-refractivity contribution >= 4 is 10.9 Å². The van der Waals surface area contributed by atoms with E-state index in [0.29, 0.717) is 5.92 Å². The molecule has 2 atom stereocenters. The number of fused-ring (bicyclic) bond motifs is 1. The molecule has 86 valence electrons. The molecule has 0 bridgehead atoms. The standard InChI is InChI=1S/C13H18N2O/c1-8(9(2)14)12-7-15-13-5-4-10(16-3)6-11(12)13/h4-9,15H,14H2,1-3H3. The van der Waals surface area contributed by atoms with E-state index >= 15 is 0 Å². The highest BCUT2D eigenvalue weighted by molar-refractivity contribution is 5.85. The molecular weight excluding hydrogens is 200 g/mol. The van der Waals surface area contributed by atoms with Gasteiger partial charge in [0.05, 0.1) is 7.11 Å². The van der Waals surface area contributed by atoms with E-state index in [1.165, 1.54) is 10.9 Å². The van der Waals surface area contributed by atoms with Crippen molar-refractivity contribution in [2.24, 2.45) is 5.73 Å². The normalized spacial score (nSPS) is 15.0. The second-order valence-corrected chi connectivity index (χ2v) is 4.30. The van der Waals surface area contributed by atoms with E-state index < -0.39 is 0 Å². The van der Waals surface area contributed by atoms with Crippen molar-refractivity contribution in [3.63, 3.8) is 0 Å². The first-order chi connectivity index (χ1) is 7.63. The van der Waals surface area contributed by atoms with Crippen LogP contribution < -0.4 is 10.5 Å². The smallest absolute Gasteiger partial charge is 0.119 e. The molecule has 0 radical (unpaired) electrons. The first-order valence-electron chi connectivity index (χ1n) is 5.54. The summed E-state index contributed by atoms with van der Waals surface area (Å²) >= 11 is 0. The van der Waals surface area contributed by atoms with E-state index in [4.69, 9.17) is 10.5 Å². The van der Waals surface area contributed by atoms with E-state index in [2.05, 4.69) is 18.0 Å². The molecule has 0 saturated heterocycles. The summed E-state index contributed by atoms with van der Waals surface area (Å²) in [5.74, 6) is 1.21. The molecule has 0 fully saturated rings. The first kappa shape index (κ1) is 11.0. The van der Waals surface area contributed by atoms with E-state index in [1.807, 2.05) is 25.3 Å². The molecule has 0 aliphatic carbocycles. The zero-order chi connectivity index (χ0) is 11.7. The predicted molar refractivity (Wildman–Crippen MR) is 66.9 cm³/mol. The topological polar surface area (TPSA) is 51.0 Å². The molecule has 3 heteroatoms. The number of methoxy groups -OCH3 is 1. The maximum Gasteiger partial charge on any atom is 0.119 e. The van der Waals surface area contributed by atoms with Crippen molar-refractivity contribution in [2.45, 2.75) is 25.8 Å². The lowest BCUT2D eigenvalue weighted by Crippen LogP contribution is -2.22. The number of nitrogens with one attached hydrogen (secondary N) is 1. The van der Waals surface area contributed by atoms with Crippen LogP contribution in [0.1, 0.15) is 25.3 Å². The Morgan fingerprint density at radius 2 is 2.06 bits per heavy atom. The Hall–Kier alpha value is -1.48. The van der Waals surface area contributed by atoms with Gasteiger partial charge in [-0.25, -0.2) is 0 Å². The molecule has 2 rings (SSSR count). The summed E-state index contributed by atoms with van der Waals surface area (Å²) in [7, 11) is 1.68. The molecular formula is C13H18N2O. The fourth-order valence-corrected chi connectivity index (χ4v) is 1.91. The van der Waals surface area contributed by atoms with Gasteiger partial charge in [0.25, 0.3) is 0 Å². The van der Waals surface area contributed by atoms with Crippen molar-refractivity contribution < 1.29 is 4.74 Å². The third-order valence-corrected chi connectivity index (χ3v) is 3.20. The minimum absolute atomic E-state index is 0.144. The quantitative estimate of drug-likeness (QED) is 0.832. The Kier molecular flexibility index (Phi) is 2.88. The van der Waals surface area contributed by atoms with Gasteiger partial charge >= 0.3 is 0 Å². The lowest BCUT2D eigenvalue weighted by atomic mass is 9.94. The van der Waals surface area contributed by atoms with Gasteiger partial charge in [-0.05, 0) is 36.6 Å². The van der Waals surface area contributed by atoms with Crippen LogP contribution in [-0.2, 0) is 0 Å². The molecule has 0 spiro atoms. The summed E-state index contributed by atoms with van der Waals surface area (Å²) in [6.45, 7) is 4.18. The summed E-state index contributed by atoms with van der Waals surface area (Å²) in [6.07, 6.45) is 2.04. The second-order valence-electron chi connectivity index (χ2n) is 4.30. The van der Waals surface area contributed by atoms with Gasteiger partial charge in [0.15, 0.2) is 0 Å². The molecule has 2 aromatic rings. The highest BCUT2D eigenvalue weighted by Crippen LogP contribution is 2.29. The zero-order valence-corrected chi connectivity index (χ0v) is 9.95. The first-order valence-corrected chi connectivity index (χ1v) is 5.54. The van der Waals surface area contributed by atoms with E-state index in [0.717, 1.165) is 11.3 Å². The average Bonchev–Trinajstić information content (AvgIpc) is 2.70. The molecule has 0 aliphatic rings. The molecule has 3 N–H and O–H groups in total. The number of H-pyrrole nitrogens is 1. The monoisotopic (exact) mass is 218 g/mol. The third-order valence-electron chi connectivity index (χ3n) is 3.20. The second kappa shape index (κ2) is 4.18. The van der Waals surface area contributed by atoms with E-state index in [1.54, 1.807) is 7.11 Å². The molecule has 1 aromatic carbocycles. The number of nitrogens with two attached hydrogens (primary N) is 1. The van der Waals surface area contributed by atoms with Crippen LogP contribution in [0.4, 0.5) is 0 Å². The fourth-order valence-electron chi connectivity index (χ4n) is 1.91. The third kappa shape index (κ3) is 1.78. The van der Waals surface area contributed by atoms with Crippen LogP contribution >= 0.6 is 0 Å². The number of benzene rings is 1. The minimum Gasteiger partial charge on any atom is -0.497 e. The molecule has 3 nitrogen and oxygen atoms in total. The molecule has 0 saturated carbocycles. The highest BCUT2D eigenvalue weighted by atomic mass is 16.5. The Bertz CT molecular complexity index is 488. The highest BCUT2D eigenvalue weighted by Gasteiger charge is 2.15. The average molecular weight is 218 g/mol. The van der Waals surface area contributed by atoms with Gasteiger partial charge in [0.2, 0.25) is 0 Å². The summed E-state index contributed by atoms with van der Waals surface area (Å²) < 4.78 is 5.24. The van der Waals surface area contributed by atoms with Crippen LogP contribution in [0, 0.1) is 0 Å². The number of aromatic amines is 1. The Labute approximate surface area is 95.6 Å². The maximum absolute atomic E-state index is 5.94. The van der Waals surface area contributed by atoms with Crippen LogP contribution in [0.2, 0.25) is 0 Å². The molecule has 2 unspecified atom stereocenters. The van der Waals surface area contributed by atoms with Crippen LogP contribution in [-0.4, -0.2) is 18.1 Å². The number of rotatable bonds is 3. The SMILES string of the molecule is COc1ccc2[nH]cc(C(C)C(C)N)c2c1. The van der Waals surface area contributed by atoms with Crippen LogP contribution in [0.25, 0.3) is 10.9 Å². The molecule has 16 heavy (non-hydrogen) atoms. The molecule has 1 aromatic heterocycles. The van der Waals surface area contributed by atoms with Crippen molar-refractivity contribution in [2.75, 3.05) is 7.11 Å². The van der Waals surface area contributed by atoms with Gasteiger partial charge < -0.3 is 15.5 Å². The fraction of sp³-hybridized carbons (Fsp3) is 0.385. The summed E-state index contributed by atoms with van der Waals surface area (Å²) in [4.78, 5) is 3.26. The van der Waals surface area contributed by atoms with Crippen molar-refractivity contribution in [3.05, 3.63) is 30.0 Å². The summed E-state index contributed by atoms with van der Waals surface area (Å²) in [5, 5.41) is 1.20. The molecule has 1 heterocycles. The largest absolute Gasteiger partial charge is 0.497 e. The molecule has 0 aliphatic heterocycles. The predicted octanol–water partition coefficient (Wildman–Crippen LogP) is 2.63. The van der Waals surface area contributed by atoms with E-state index in [9.17, 15) is 0 Å². The van der Waals surface area contributed by atoms with Crippen LogP contribution in [0.5, 0.6) is 5.75 Å². The summed E-state index contributed by atoms with van der Waals surface area (Å²) in [6, 6.07) is 6.19. The van der Waals surface area contributed by atoms with Gasteiger partial charge in [0.1, 0.15) is 5.75 Å². The van der Waals surface area contributed by atoms with Gasteiger partial charge in [-0.2, -0.15) is 0 Å². The number of hydrogen-bond acceptors (Lipinski definition) is 2. The van der Waals surface area contributed by atoms with Gasteiger partial charge in [0, 0.05) is 23.1 Å². The van der Waals surface area contributed by atoms with E-state index in [-0.39, 0.29) is 6.04 Å². The Balaban J connectivity index is 2.53. The Morgan fingerprint density at radius 1 is 1.31 bits per heavy atom. The van der Waals surface area contributed by atoms with Crippen LogP contribution in [0.3, 0.4) is 0 Å². The van der Waals surface area contributed by atoms with Gasteiger partial charge in [-0.15, -0.1) is 0 Å². The Morgan fingerprint density at radius 3 is 2.69 bits per heavy atom. The van der Waals surface area contributed by atoms with Crippen molar-refractivity contribution in [3.8, 4) is 5.75 Å². The maximum atomic E-state index is 5.94. The van der Waals surface area contributed by atoms with Crippen LogP contribution in [0.15, 0.2) is 24.4 Å². The molecule has 0 amide bonds. The number of hydrogen-bond donors (Lipinski definition) is 2.